The molecule has 1 fully saturated rings. The molecule has 0 bridgehead atoms. The van der Waals surface area contributed by atoms with Crippen LogP contribution in [0.2, 0.25) is 19.6 Å². The lowest BCUT2D eigenvalue weighted by Gasteiger charge is -2.15. The maximum absolute atomic E-state index is 13.6. The zero-order valence-corrected chi connectivity index (χ0v) is 16.0. The van der Waals surface area contributed by atoms with Gasteiger partial charge in [-0.3, -0.25) is 4.90 Å². The third kappa shape index (κ3) is 4.36. The van der Waals surface area contributed by atoms with Crippen LogP contribution in [-0.2, 0) is 0 Å². The Morgan fingerprint density at radius 3 is 2.48 bits per heavy atom. The van der Waals surface area contributed by atoms with Gasteiger partial charge in [0, 0.05) is 12.0 Å². The van der Waals surface area contributed by atoms with Gasteiger partial charge in [-0.15, -0.1) is 5.54 Å². The summed E-state index contributed by atoms with van der Waals surface area (Å²) >= 11 is 0. The van der Waals surface area contributed by atoms with Gasteiger partial charge in [0.1, 0.15) is 13.9 Å². The largest absolute Gasteiger partial charge is 0.341 e. The Bertz CT molecular complexity index is 810. The quantitative estimate of drug-likeness (QED) is 0.640. The molecule has 0 saturated carbocycles. The monoisotopic (exact) mass is 359 g/mol. The second-order valence-corrected chi connectivity index (χ2v) is 12.5. The summed E-state index contributed by atoms with van der Waals surface area (Å²) in [6.07, 6.45) is 1.52. The fraction of sp³-hybridized carbons (Fsp3) is 0.421. The molecule has 0 unspecified atom stereocenters. The van der Waals surface area contributed by atoms with E-state index in [1.165, 1.54) is 0 Å². The standard InChI is InChI=1S/C19H23F2N3Si/c1-24-13-19(20,21)11-17(24)18-22-12-16(23-18)15-7-5-14(6-8-15)9-10-25(2,3)4/h5-8,12,17H,11,13H2,1-4H3,(H,22,23)/t17-/m0/s1. The zero-order valence-electron chi connectivity index (χ0n) is 15.0. The molecule has 1 aromatic carbocycles. The Balaban J connectivity index is 1.77. The molecule has 3 rings (SSSR count). The van der Waals surface area contributed by atoms with Gasteiger partial charge in [-0.1, -0.05) is 37.7 Å². The van der Waals surface area contributed by atoms with Crippen LogP contribution in [0, 0.1) is 11.5 Å². The van der Waals surface area contributed by atoms with Crippen LogP contribution < -0.4 is 0 Å². The van der Waals surface area contributed by atoms with Crippen LogP contribution in [0.5, 0.6) is 0 Å². The molecule has 1 aromatic heterocycles. The van der Waals surface area contributed by atoms with Crippen LogP contribution in [0.3, 0.4) is 0 Å². The van der Waals surface area contributed by atoms with E-state index < -0.39 is 14.0 Å². The summed E-state index contributed by atoms with van der Waals surface area (Å²) in [4.78, 5) is 9.18. The minimum absolute atomic E-state index is 0.193. The van der Waals surface area contributed by atoms with Gasteiger partial charge in [0.25, 0.3) is 5.92 Å². The van der Waals surface area contributed by atoms with Crippen molar-refractivity contribution in [2.45, 2.75) is 38.0 Å². The lowest BCUT2D eigenvalue weighted by atomic mass is 10.1. The molecular formula is C19H23F2N3Si. The van der Waals surface area contributed by atoms with Crippen molar-refractivity contribution in [3.63, 3.8) is 0 Å². The molecule has 3 nitrogen and oxygen atoms in total. The van der Waals surface area contributed by atoms with Crippen molar-refractivity contribution in [1.82, 2.24) is 14.9 Å². The van der Waals surface area contributed by atoms with E-state index in [1.54, 1.807) is 18.1 Å². The first-order valence-electron chi connectivity index (χ1n) is 8.40. The van der Waals surface area contributed by atoms with E-state index in [0.717, 1.165) is 16.8 Å². The number of likely N-dealkylation sites (tertiary alicyclic amines) is 1. The average Bonchev–Trinajstić information content (AvgIpc) is 3.09. The van der Waals surface area contributed by atoms with E-state index in [4.69, 9.17) is 0 Å². The highest BCUT2D eigenvalue weighted by Crippen LogP contribution is 2.39. The Morgan fingerprint density at radius 2 is 1.92 bits per heavy atom. The first-order valence-corrected chi connectivity index (χ1v) is 11.9. The Kier molecular flexibility index (Phi) is 4.56. The SMILES string of the molecule is CN1CC(F)(F)C[C@H]1c1ncc(-c2ccc(C#C[Si](C)(C)C)cc2)[nH]1. The molecule has 1 atom stereocenters. The van der Waals surface area contributed by atoms with E-state index in [1.807, 2.05) is 24.3 Å². The number of nitrogens with one attached hydrogen (secondary N) is 1. The van der Waals surface area contributed by atoms with Crippen LogP contribution in [0.15, 0.2) is 30.5 Å². The smallest absolute Gasteiger partial charge is 0.262 e. The maximum atomic E-state index is 13.6. The van der Waals surface area contributed by atoms with Crippen LogP contribution in [0.4, 0.5) is 8.78 Å². The van der Waals surface area contributed by atoms with Crippen molar-refractivity contribution in [2.75, 3.05) is 13.6 Å². The van der Waals surface area contributed by atoms with E-state index >= 15 is 0 Å². The molecule has 1 aliphatic heterocycles. The number of hydrogen-bond acceptors (Lipinski definition) is 2. The molecule has 1 N–H and O–H groups in total. The Hall–Kier alpha value is -1.97. The molecule has 6 heteroatoms. The molecule has 0 radical (unpaired) electrons. The molecular weight excluding hydrogens is 336 g/mol. The Morgan fingerprint density at radius 1 is 1.24 bits per heavy atom. The molecule has 1 aliphatic rings. The Labute approximate surface area is 148 Å². The number of aromatic nitrogens is 2. The van der Waals surface area contributed by atoms with E-state index in [9.17, 15) is 8.78 Å². The van der Waals surface area contributed by atoms with Gasteiger partial charge in [-0.05, 0) is 24.7 Å². The minimum atomic E-state index is -2.65. The summed E-state index contributed by atoms with van der Waals surface area (Å²) < 4.78 is 27.1. The van der Waals surface area contributed by atoms with Crippen LogP contribution in [0.1, 0.15) is 23.9 Å². The molecule has 2 aromatic rings. The third-order valence-corrected chi connectivity index (χ3v) is 5.07. The predicted octanol–water partition coefficient (Wildman–Crippen LogP) is 4.32. The molecule has 132 valence electrons. The van der Waals surface area contributed by atoms with E-state index in [2.05, 4.69) is 41.1 Å². The number of H-pyrrole nitrogens is 1. The summed E-state index contributed by atoms with van der Waals surface area (Å²) in [7, 11) is 0.317. The van der Waals surface area contributed by atoms with Gasteiger partial charge in [-0.2, -0.15) is 0 Å². The van der Waals surface area contributed by atoms with Crippen molar-refractivity contribution in [1.29, 1.82) is 0 Å². The van der Waals surface area contributed by atoms with E-state index in [0.29, 0.717) is 5.82 Å². The van der Waals surface area contributed by atoms with Crippen LogP contribution >= 0.6 is 0 Å². The van der Waals surface area contributed by atoms with Crippen molar-refractivity contribution in [2.24, 2.45) is 0 Å². The maximum Gasteiger partial charge on any atom is 0.262 e. The lowest BCUT2D eigenvalue weighted by molar-refractivity contribution is 0.0140. The van der Waals surface area contributed by atoms with Crippen molar-refractivity contribution >= 4 is 8.07 Å². The minimum Gasteiger partial charge on any atom is -0.341 e. The zero-order chi connectivity index (χ0) is 18.2. The number of hydrogen-bond donors (Lipinski definition) is 1. The summed E-state index contributed by atoms with van der Waals surface area (Å²) in [5.41, 5.74) is 6.14. The highest BCUT2D eigenvalue weighted by molar-refractivity contribution is 6.83. The summed E-state index contributed by atoms with van der Waals surface area (Å²) in [5, 5.41) is 0. The highest BCUT2D eigenvalue weighted by Gasteiger charge is 2.44. The number of aromatic amines is 1. The molecule has 2 heterocycles. The number of benzene rings is 1. The molecule has 0 aliphatic carbocycles. The van der Waals surface area contributed by atoms with Gasteiger partial charge < -0.3 is 4.98 Å². The second-order valence-electron chi connectivity index (χ2n) is 7.75. The number of alkyl halides is 2. The van der Waals surface area contributed by atoms with E-state index in [-0.39, 0.29) is 19.0 Å². The number of nitrogens with zero attached hydrogens (tertiary/aromatic N) is 2. The fourth-order valence-corrected chi connectivity index (χ4v) is 3.45. The highest BCUT2D eigenvalue weighted by atomic mass is 28.3. The first-order chi connectivity index (χ1) is 11.6. The normalized spacial score (nSPS) is 20.3. The molecule has 25 heavy (non-hydrogen) atoms. The second kappa shape index (κ2) is 6.39. The number of imidazole rings is 1. The van der Waals surface area contributed by atoms with Gasteiger partial charge in [-0.25, -0.2) is 13.8 Å². The molecule has 0 amide bonds. The van der Waals surface area contributed by atoms with Crippen LogP contribution in [-0.4, -0.2) is 42.5 Å². The predicted molar refractivity (Wildman–Crippen MR) is 99.2 cm³/mol. The van der Waals surface area contributed by atoms with Crippen molar-refractivity contribution < 1.29 is 8.78 Å². The van der Waals surface area contributed by atoms with Crippen molar-refractivity contribution in [3.8, 4) is 22.7 Å². The van der Waals surface area contributed by atoms with Gasteiger partial charge in [0.2, 0.25) is 0 Å². The molecule has 0 spiro atoms. The summed E-state index contributed by atoms with van der Waals surface area (Å²) in [6.45, 7) is 6.41. The first kappa shape index (κ1) is 17.8. The fourth-order valence-electron chi connectivity index (χ4n) is 2.93. The van der Waals surface area contributed by atoms with Crippen LogP contribution in [0.25, 0.3) is 11.3 Å². The molecule has 1 saturated heterocycles. The third-order valence-electron chi connectivity index (χ3n) is 4.19. The van der Waals surface area contributed by atoms with Crippen molar-refractivity contribution in [3.05, 3.63) is 41.9 Å². The average molecular weight is 359 g/mol. The summed E-state index contributed by atoms with van der Waals surface area (Å²) in [6, 6.07) is 7.57. The van der Waals surface area contributed by atoms with Gasteiger partial charge >= 0.3 is 0 Å². The lowest BCUT2D eigenvalue weighted by Crippen LogP contribution is -2.22. The summed E-state index contributed by atoms with van der Waals surface area (Å²) in [5.74, 6) is 1.17. The topological polar surface area (TPSA) is 31.9 Å². The van der Waals surface area contributed by atoms with Gasteiger partial charge in [0.15, 0.2) is 0 Å². The number of halogens is 2. The number of rotatable bonds is 2. The van der Waals surface area contributed by atoms with Gasteiger partial charge in [0.05, 0.1) is 24.5 Å².